The molecule has 2 heterocycles. The summed E-state index contributed by atoms with van der Waals surface area (Å²) in [6.45, 7) is 7.96. The second-order valence-electron chi connectivity index (χ2n) is 7.27. The van der Waals surface area contributed by atoms with Crippen molar-refractivity contribution in [2.45, 2.75) is 19.8 Å². The normalized spacial score (nSPS) is 18.5. The zero-order valence-electron chi connectivity index (χ0n) is 14.9. The summed E-state index contributed by atoms with van der Waals surface area (Å²) in [5.41, 5.74) is 0.375. The third-order valence-electron chi connectivity index (χ3n) is 4.52. The van der Waals surface area contributed by atoms with E-state index in [1.54, 1.807) is 6.07 Å². The number of nitrogens with one attached hydrogen (secondary N) is 1. The third-order valence-corrected chi connectivity index (χ3v) is 5.26. The maximum atomic E-state index is 11.9. The lowest BCUT2D eigenvalue weighted by Gasteiger charge is -2.42. The van der Waals surface area contributed by atoms with Crippen LogP contribution in [0.25, 0.3) is 0 Å². The first-order valence-corrected chi connectivity index (χ1v) is 9.36. The number of aromatic hydroxyl groups is 1. The van der Waals surface area contributed by atoms with E-state index in [0.29, 0.717) is 27.9 Å². The van der Waals surface area contributed by atoms with Crippen LogP contribution in [0.5, 0.6) is 5.75 Å². The molecule has 3 rings (SSSR count). The quantitative estimate of drug-likeness (QED) is 0.833. The Bertz CT molecular complexity index is 588. The number of rotatable bonds is 4. The van der Waals surface area contributed by atoms with Gasteiger partial charge in [-0.05, 0) is 38.1 Å². The molecule has 0 atom stereocenters. The van der Waals surface area contributed by atoms with Gasteiger partial charge in [0.25, 0.3) is 0 Å². The Balaban J connectivity index is 0.000000212. The van der Waals surface area contributed by atoms with Crippen LogP contribution in [0.3, 0.4) is 0 Å². The van der Waals surface area contributed by atoms with E-state index in [0.717, 1.165) is 32.7 Å². The van der Waals surface area contributed by atoms with Crippen molar-refractivity contribution >= 4 is 29.1 Å². The minimum Gasteiger partial charge on any atom is -0.508 e. The first-order chi connectivity index (χ1) is 11.8. The van der Waals surface area contributed by atoms with Crippen LogP contribution in [0.15, 0.2) is 18.2 Å². The summed E-state index contributed by atoms with van der Waals surface area (Å²) in [5.74, 6) is 0.431. The molecule has 2 saturated heterocycles. The van der Waals surface area contributed by atoms with E-state index < -0.39 is 0 Å². The van der Waals surface area contributed by atoms with Gasteiger partial charge in [-0.25, -0.2) is 0 Å². The Morgan fingerprint density at radius 3 is 2.40 bits per heavy atom. The van der Waals surface area contributed by atoms with Crippen molar-refractivity contribution in [2.24, 2.45) is 5.41 Å². The maximum absolute atomic E-state index is 11.9. The van der Waals surface area contributed by atoms with Crippen LogP contribution in [0, 0.1) is 5.41 Å². The van der Waals surface area contributed by atoms with Gasteiger partial charge >= 0.3 is 0 Å². The molecule has 1 amide bonds. The van der Waals surface area contributed by atoms with Crippen molar-refractivity contribution in [3.05, 3.63) is 28.2 Å². The van der Waals surface area contributed by atoms with Gasteiger partial charge in [0.05, 0.1) is 16.6 Å². The number of likely N-dealkylation sites (N-methyl/N-ethyl adjacent to an activating group) is 1. The predicted octanol–water partition coefficient (Wildman–Crippen LogP) is 2.85. The number of phenolic OH excluding ortho intramolecular Hbond substituents is 1. The van der Waals surface area contributed by atoms with E-state index in [-0.39, 0.29) is 5.75 Å². The van der Waals surface area contributed by atoms with Crippen molar-refractivity contribution in [1.82, 2.24) is 15.1 Å². The molecule has 2 aliphatic heterocycles. The van der Waals surface area contributed by atoms with Crippen LogP contribution >= 0.6 is 23.2 Å². The first kappa shape index (κ1) is 20.3. The molecule has 0 bridgehead atoms. The summed E-state index contributed by atoms with van der Waals surface area (Å²) >= 11 is 11.1. The topological polar surface area (TPSA) is 55.8 Å². The van der Waals surface area contributed by atoms with Crippen molar-refractivity contribution in [2.75, 3.05) is 46.3 Å². The van der Waals surface area contributed by atoms with Crippen LogP contribution in [-0.4, -0.2) is 67.1 Å². The highest BCUT2D eigenvalue weighted by Crippen LogP contribution is 2.25. The van der Waals surface area contributed by atoms with Crippen LogP contribution in [-0.2, 0) is 4.79 Å². The van der Waals surface area contributed by atoms with Crippen LogP contribution < -0.4 is 5.32 Å². The minimum atomic E-state index is 0.129. The lowest BCUT2D eigenvalue weighted by Crippen LogP contribution is -2.57. The van der Waals surface area contributed by atoms with Gasteiger partial charge in [0.1, 0.15) is 5.75 Å². The van der Waals surface area contributed by atoms with Gasteiger partial charge in [-0.2, -0.15) is 0 Å². The highest BCUT2D eigenvalue weighted by atomic mass is 35.5. The SMILES string of the molecule is CN(CC(=O)N1CCCC1)CC1(C)CNC1.Oc1ccc(Cl)c(Cl)c1. The van der Waals surface area contributed by atoms with Gasteiger partial charge in [0, 0.05) is 38.1 Å². The zero-order chi connectivity index (χ0) is 18.4. The highest BCUT2D eigenvalue weighted by molar-refractivity contribution is 6.42. The average molecular weight is 388 g/mol. The van der Waals surface area contributed by atoms with E-state index in [4.69, 9.17) is 28.3 Å². The lowest BCUT2D eigenvalue weighted by molar-refractivity contribution is -0.131. The zero-order valence-corrected chi connectivity index (χ0v) is 16.4. The fraction of sp³-hybridized carbons (Fsp3) is 0.611. The number of hydrogen-bond acceptors (Lipinski definition) is 4. The van der Waals surface area contributed by atoms with Crippen molar-refractivity contribution in [1.29, 1.82) is 0 Å². The molecule has 5 nitrogen and oxygen atoms in total. The van der Waals surface area contributed by atoms with Crippen LogP contribution in [0.1, 0.15) is 19.8 Å². The molecule has 25 heavy (non-hydrogen) atoms. The summed E-state index contributed by atoms with van der Waals surface area (Å²) < 4.78 is 0. The molecule has 0 saturated carbocycles. The van der Waals surface area contributed by atoms with E-state index in [9.17, 15) is 4.79 Å². The molecule has 2 N–H and O–H groups in total. The molecule has 0 aliphatic carbocycles. The highest BCUT2D eigenvalue weighted by Gasteiger charge is 2.33. The number of amides is 1. The second kappa shape index (κ2) is 9.08. The van der Waals surface area contributed by atoms with Gasteiger partial charge in [-0.15, -0.1) is 0 Å². The van der Waals surface area contributed by atoms with Crippen LogP contribution in [0.4, 0.5) is 0 Å². The predicted molar refractivity (Wildman–Crippen MR) is 102 cm³/mol. The number of phenols is 1. The third kappa shape index (κ3) is 6.33. The molecular formula is C18H27Cl2N3O2. The number of hydrogen-bond donors (Lipinski definition) is 2. The number of benzene rings is 1. The van der Waals surface area contributed by atoms with Gasteiger partial charge in [0.2, 0.25) is 5.91 Å². The Morgan fingerprint density at radius 2 is 1.92 bits per heavy atom. The summed E-state index contributed by atoms with van der Waals surface area (Å²) in [4.78, 5) is 16.1. The molecule has 140 valence electrons. The standard InChI is InChI=1S/C12H23N3O.C6H4Cl2O/c1-12(8-13-9-12)10-14(2)7-11(16)15-5-3-4-6-15;7-5-2-1-4(9)3-6(5)8/h13H,3-10H2,1-2H3;1-3,9H. The average Bonchev–Trinajstić information content (AvgIpc) is 3.05. The molecule has 0 spiro atoms. The molecule has 2 fully saturated rings. The number of carbonyl (C=O) groups excluding carboxylic acids is 1. The first-order valence-electron chi connectivity index (χ1n) is 8.60. The largest absolute Gasteiger partial charge is 0.508 e. The van der Waals surface area contributed by atoms with Crippen molar-refractivity contribution in [3.8, 4) is 5.75 Å². The molecular weight excluding hydrogens is 361 g/mol. The minimum absolute atomic E-state index is 0.129. The van der Waals surface area contributed by atoms with E-state index in [1.807, 2.05) is 4.90 Å². The number of nitrogens with zero attached hydrogens (tertiary/aromatic N) is 2. The fourth-order valence-corrected chi connectivity index (χ4v) is 3.45. The molecule has 7 heteroatoms. The summed E-state index contributed by atoms with van der Waals surface area (Å²) in [7, 11) is 2.05. The Kier molecular flexibility index (Phi) is 7.37. The molecule has 1 aromatic rings. The molecule has 2 aliphatic rings. The van der Waals surface area contributed by atoms with Gasteiger partial charge in [-0.1, -0.05) is 30.1 Å². The molecule has 0 radical (unpaired) electrons. The molecule has 1 aromatic carbocycles. The Labute approximate surface area is 159 Å². The Hall–Kier alpha value is -1.01. The monoisotopic (exact) mass is 387 g/mol. The number of halogens is 2. The summed E-state index contributed by atoms with van der Waals surface area (Å²) in [6, 6.07) is 4.41. The number of carbonyl (C=O) groups is 1. The van der Waals surface area contributed by atoms with E-state index in [2.05, 4.69) is 24.2 Å². The summed E-state index contributed by atoms with van der Waals surface area (Å²) in [5, 5.41) is 12.9. The summed E-state index contributed by atoms with van der Waals surface area (Å²) in [6.07, 6.45) is 2.36. The number of likely N-dealkylation sites (tertiary alicyclic amines) is 1. The van der Waals surface area contributed by atoms with E-state index >= 15 is 0 Å². The van der Waals surface area contributed by atoms with E-state index in [1.165, 1.54) is 25.0 Å². The van der Waals surface area contributed by atoms with Crippen molar-refractivity contribution in [3.63, 3.8) is 0 Å². The molecule has 0 aromatic heterocycles. The lowest BCUT2D eigenvalue weighted by atomic mass is 9.84. The second-order valence-corrected chi connectivity index (χ2v) is 8.09. The van der Waals surface area contributed by atoms with Crippen LogP contribution in [0.2, 0.25) is 10.0 Å². The Morgan fingerprint density at radius 1 is 1.28 bits per heavy atom. The van der Waals surface area contributed by atoms with Crippen molar-refractivity contribution < 1.29 is 9.90 Å². The maximum Gasteiger partial charge on any atom is 0.236 e. The molecule has 0 unspecified atom stereocenters. The fourth-order valence-electron chi connectivity index (χ4n) is 3.15. The van der Waals surface area contributed by atoms with Gasteiger partial charge in [0.15, 0.2) is 0 Å². The van der Waals surface area contributed by atoms with Gasteiger partial charge in [-0.3, -0.25) is 9.69 Å². The smallest absolute Gasteiger partial charge is 0.236 e. The van der Waals surface area contributed by atoms with Gasteiger partial charge < -0.3 is 15.3 Å².